The molecule has 3 rings (SSSR count). The third-order valence-electron chi connectivity index (χ3n) is 3.57. The molecule has 3 nitrogen and oxygen atoms in total. The minimum atomic E-state index is 0.411. The van der Waals surface area contributed by atoms with Gasteiger partial charge in [-0.15, -0.1) is 0 Å². The number of anilines is 1. The molecule has 2 heterocycles. The summed E-state index contributed by atoms with van der Waals surface area (Å²) in [5.74, 6) is 0. The molecule has 0 saturated heterocycles. The summed E-state index contributed by atoms with van der Waals surface area (Å²) >= 11 is 0. The average Bonchev–Trinajstić information content (AvgIpc) is 2.93. The van der Waals surface area contributed by atoms with E-state index in [1.165, 1.54) is 22.4 Å². The monoisotopic (exact) mass is 241 g/mol. The van der Waals surface area contributed by atoms with Gasteiger partial charge in [-0.25, -0.2) is 0 Å². The van der Waals surface area contributed by atoms with E-state index in [0.717, 1.165) is 18.7 Å². The molecular weight excluding hydrogens is 222 g/mol. The minimum absolute atomic E-state index is 0.411. The molecule has 1 aromatic heterocycles. The number of benzene rings is 1. The smallest absolute Gasteiger partial charge is 0.0672 e. The molecule has 0 bridgehead atoms. The number of nitrogens with one attached hydrogen (secondary N) is 1. The molecule has 0 amide bonds. The second-order valence-corrected chi connectivity index (χ2v) is 5.25. The lowest BCUT2D eigenvalue weighted by Crippen LogP contribution is -2.00. The molecule has 0 atom stereocenters. The van der Waals surface area contributed by atoms with Gasteiger partial charge in [-0.3, -0.25) is 4.68 Å². The molecule has 1 aromatic carbocycles. The SMILES string of the molecule is Cc1nn(C(C)C)cc1-c1ccc2c(c1)CCN2. The fourth-order valence-corrected chi connectivity index (χ4v) is 2.50. The fraction of sp³-hybridized carbons (Fsp3) is 0.400. The number of rotatable bonds is 2. The first-order chi connectivity index (χ1) is 8.65. The minimum Gasteiger partial charge on any atom is -0.384 e. The number of nitrogens with zero attached hydrogens (tertiary/aromatic N) is 2. The van der Waals surface area contributed by atoms with Crippen LogP contribution in [0.15, 0.2) is 24.4 Å². The van der Waals surface area contributed by atoms with E-state index in [0.29, 0.717) is 6.04 Å². The summed E-state index contributed by atoms with van der Waals surface area (Å²) in [6.45, 7) is 7.45. The van der Waals surface area contributed by atoms with Crippen molar-refractivity contribution in [2.75, 3.05) is 11.9 Å². The summed E-state index contributed by atoms with van der Waals surface area (Å²) in [5, 5.41) is 7.98. The van der Waals surface area contributed by atoms with Gasteiger partial charge in [0.25, 0.3) is 0 Å². The molecule has 1 N–H and O–H groups in total. The van der Waals surface area contributed by atoms with E-state index in [4.69, 9.17) is 0 Å². The third kappa shape index (κ3) is 1.80. The second kappa shape index (κ2) is 4.16. The maximum absolute atomic E-state index is 4.58. The summed E-state index contributed by atoms with van der Waals surface area (Å²) in [7, 11) is 0. The Balaban J connectivity index is 2.04. The standard InChI is InChI=1S/C15H19N3/c1-10(2)18-9-14(11(3)17-18)12-4-5-15-13(8-12)6-7-16-15/h4-5,8-10,16H,6-7H2,1-3H3. The molecule has 0 spiro atoms. The van der Waals surface area contributed by atoms with Crippen molar-refractivity contribution in [3.63, 3.8) is 0 Å². The molecule has 0 unspecified atom stereocenters. The Morgan fingerprint density at radius 2 is 2.17 bits per heavy atom. The first kappa shape index (κ1) is 11.3. The Bertz CT molecular complexity index is 581. The molecule has 0 aliphatic carbocycles. The van der Waals surface area contributed by atoms with Crippen molar-refractivity contribution in [1.82, 2.24) is 9.78 Å². The van der Waals surface area contributed by atoms with E-state index >= 15 is 0 Å². The summed E-state index contributed by atoms with van der Waals surface area (Å²) in [4.78, 5) is 0. The average molecular weight is 241 g/mol. The van der Waals surface area contributed by atoms with Gasteiger partial charge in [-0.2, -0.15) is 5.10 Å². The lowest BCUT2D eigenvalue weighted by Gasteiger charge is -2.04. The van der Waals surface area contributed by atoms with E-state index in [9.17, 15) is 0 Å². The summed E-state index contributed by atoms with van der Waals surface area (Å²) in [5.41, 5.74) is 6.34. The van der Waals surface area contributed by atoms with Crippen molar-refractivity contribution in [1.29, 1.82) is 0 Å². The second-order valence-electron chi connectivity index (χ2n) is 5.25. The highest BCUT2D eigenvalue weighted by molar-refractivity contribution is 5.70. The zero-order valence-electron chi connectivity index (χ0n) is 11.2. The Kier molecular flexibility index (Phi) is 2.62. The first-order valence-corrected chi connectivity index (χ1v) is 6.58. The van der Waals surface area contributed by atoms with Crippen LogP contribution < -0.4 is 5.32 Å². The highest BCUT2D eigenvalue weighted by Crippen LogP contribution is 2.30. The van der Waals surface area contributed by atoms with E-state index in [-0.39, 0.29) is 0 Å². The zero-order chi connectivity index (χ0) is 12.7. The van der Waals surface area contributed by atoms with Crippen molar-refractivity contribution >= 4 is 5.69 Å². The van der Waals surface area contributed by atoms with Crippen LogP contribution in [0.2, 0.25) is 0 Å². The number of hydrogen-bond acceptors (Lipinski definition) is 2. The van der Waals surface area contributed by atoms with Gasteiger partial charge < -0.3 is 5.32 Å². The van der Waals surface area contributed by atoms with Crippen LogP contribution in [0.5, 0.6) is 0 Å². The predicted octanol–water partition coefficient (Wildman–Crippen LogP) is 3.41. The summed E-state index contributed by atoms with van der Waals surface area (Å²) in [6, 6.07) is 7.08. The Morgan fingerprint density at radius 3 is 2.89 bits per heavy atom. The topological polar surface area (TPSA) is 29.9 Å². The van der Waals surface area contributed by atoms with Crippen molar-refractivity contribution in [2.45, 2.75) is 33.2 Å². The molecule has 1 aliphatic heterocycles. The lowest BCUT2D eigenvalue weighted by molar-refractivity contribution is 0.529. The highest BCUT2D eigenvalue weighted by Gasteiger charge is 2.13. The number of aryl methyl sites for hydroxylation is 1. The molecular formula is C15H19N3. The van der Waals surface area contributed by atoms with Gasteiger partial charge in [0, 0.05) is 30.0 Å². The van der Waals surface area contributed by atoms with Gasteiger partial charge in [0.15, 0.2) is 0 Å². The quantitative estimate of drug-likeness (QED) is 0.873. The maximum atomic E-state index is 4.58. The normalized spacial score (nSPS) is 13.8. The number of fused-ring (bicyclic) bond motifs is 1. The van der Waals surface area contributed by atoms with Crippen molar-refractivity contribution < 1.29 is 0 Å². The largest absolute Gasteiger partial charge is 0.384 e. The zero-order valence-corrected chi connectivity index (χ0v) is 11.2. The third-order valence-corrected chi connectivity index (χ3v) is 3.57. The van der Waals surface area contributed by atoms with Crippen LogP contribution in [0, 0.1) is 6.92 Å². The Morgan fingerprint density at radius 1 is 1.33 bits per heavy atom. The number of aromatic nitrogens is 2. The lowest BCUT2D eigenvalue weighted by atomic mass is 10.0. The van der Waals surface area contributed by atoms with Crippen LogP contribution in [-0.4, -0.2) is 16.3 Å². The van der Waals surface area contributed by atoms with Gasteiger partial charge >= 0.3 is 0 Å². The maximum Gasteiger partial charge on any atom is 0.0672 e. The van der Waals surface area contributed by atoms with Crippen LogP contribution in [0.4, 0.5) is 5.69 Å². The molecule has 3 heteroatoms. The van der Waals surface area contributed by atoms with Gasteiger partial charge in [0.05, 0.1) is 5.69 Å². The fourth-order valence-electron chi connectivity index (χ4n) is 2.50. The molecule has 94 valence electrons. The van der Waals surface area contributed by atoms with E-state index in [1.807, 2.05) is 4.68 Å². The molecule has 1 aliphatic rings. The van der Waals surface area contributed by atoms with Gasteiger partial charge in [-0.1, -0.05) is 6.07 Å². The van der Waals surface area contributed by atoms with Crippen LogP contribution in [0.25, 0.3) is 11.1 Å². The summed E-state index contributed by atoms with van der Waals surface area (Å²) < 4.78 is 2.04. The van der Waals surface area contributed by atoms with Crippen LogP contribution >= 0.6 is 0 Å². The van der Waals surface area contributed by atoms with Gasteiger partial charge in [-0.05, 0) is 50.5 Å². The van der Waals surface area contributed by atoms with Crippen molar-refractivity contribution in [3.05, 3.63) is 35.7 Å². The van der Waals surface area contributed by atoms with Crippen LogP contribution in [-0.2, 0) is 6.42 Å². The van der Waals surface area contributed by atoms with E-state index < -0.39 is 0 Å². The Labute approximate surface area is 108 Å². The van der Waals surface area contributed by atoms with E-state index in [1.54, 1.807) is 0 Å². The highest BCUT2D eigenvalue weighted by atomic mass is 15.3. The van der Waals surface area contributed by atoms with Crippen molar-refractivity contribution in [3.8, 4) is 11.1 Å². The molecule has 18 heavy (non-hydrogen) atoms. The van der Waals surface area contributed by atoms with Crippen LogP contribution in [0.3, 0.4) is 0 Å². The molecule has 0 saturated carbocycles. The van der Waals surface area contributed by atoms with E-state index in [2.05, 4.69) is 55.6 Å². The van der Waals surface area contributed by atoms with Crippen LogP contribution in [0.1, 0.15) is 31.1 Å². The summed E-state index contributed by atoms with van der Waals surface area (Å²) in [6.07, 6.45) is 3.28. The first-order valence-electron chi connectivity index (χ1n) is 6.58. The van der Waals surface area contributed by atoms with Gasteiger partial charge in [0.2, 0.25) is 0 Å². The molecule has 0 fully saturated rings. The number of hydrogen-bond donors (Lipinski definition) is 1. The predicted molar refractivity (Wildman–Crippen MR) is 75.0 cm³/mol. The van der Waals surface area contributed by atoms with Gasteiger partial charge in [0.1, 0.15) is 0 Å². The molecule has 2 aromatic rings. The molecule has 0 radical (unpaired) electrons. The van der Waals surface area contributed by atoms with Crippen molar-refractivity contribution in [2.24, 2.45) is 0 Å². The Hall–Kier alpha value is -1.77.